The second-order valence-corrected chi connectivity index (χ2v) is 5.79. The van der Waals surface area contributed by atoms with E-state index in [1.165, 1.54) is 39.2 Å². The molecule has 0 aliphatic heterocycles. The summed E-state index contributed by atoms with van der Waals surface area (Å²) in [5.41, 5.74) is 1.23. The van der Waals surface area contributed by atoms with Crippen molar-refractivity contribution in [2.45, 2.75) is 38.8 Å². The van der Waals surface area contributed by atoms with Crippen molar-refractivity contribution in [1.82, 2.24) is 4.98 Å². The Labute approximate surface area is 156 Å². The number of anilines is 1. The second-order valence-electron chi connectivity index (χ2n) is 5.79. The van der Waals surface area contributed by atoms with Crippen molar-refractivity contribution in [2.24, 2.45) is 5.92 Å². The third-order valence-electron chi connectivity index (χ3n) is 3.96. The monoisotopic (exact) mass is 381 g/mol. The highest BCUT2D eigenvalue weighted by atomic mass is 19.4. The number of pyridine rings is 1. The normalized spacial score (nSPS) is 14.2. The molecular weight excluding hydrogens is 359 g/mol. The minimum atomic E-state index is -3.67. The lowest BCUT2D eigenvalue weighted by atomic mass is 9.89. The molecule has 1 aliphatic rings. The Morgan fingerprint density at radius 3 is 2.56 bits per heavy atom. The fourth-order valence-electron chi connectivity index (χ4n) is 2.73. The van der Waals surface area contributed by atoms with Crippen LogP contribution in [0, 0.1) is 17.2 Å². The summed E-state index contributed by atoms with van der Waals surface area (Å²) in [6.07, 6.45) is 11.5. The van der Waals surface area contributed by atoms with Crippen LogP contribution in [0.4, 0.5) is 18.9 Å². The van der Waals surface area contributed by atoms with Crippen LogP contribution in [0.5, 0.6) is 5.88 Å². The summed E-state index contributed by atoms with van der Waals surface area (Å²) in [5, 5.41) is 11.8. The highest BCUT2D eigenvalue weighted by Gasteiger charge is 2.14. The zero-order valence-corrected chi connectivity index (χ0v) is 15.1. The van der Waals surface area contributed by atoms with E-state index in [1.807, 2.05) is 12.1 Å². The molecule has 1 aromatic heterocycles. The van der Waals surface area contributed by atoms with Gasteiger partial charge in [0.15, 0.2) is 5.69 Å². The van der Waals surface area contributed by atoms with E-state index in [4.69, 9.17) is 4.74 Å². The van der Waals surface area contributed by atoms with Gasteiger partial charge in [0.2, 0.25) is 11.8 Å². The fourth-order valence-corrected chi connectivity index (χ4v) is 2.73. The number of amides is 1. The quantitative estimate of drug-likeness (QED) is 0.739. The summed E-state index contributed by atoms with van der Waals surface area (Å²) in [6, 6.07) is 3.68. The van der Waals surface area contributed by atoms with E-state index in [9.17, 15) is 23.2 Å². The number of aromatic nitrogens is 1. The van der Waals surface area contributed by atoms with Crippen LogP contribution in [0.3, 0.4) is 0 Å². The number of alkyl halides is 3. The van der Waals surface area contributed by atoms with Crippen molar-refractivity contribution in [2.75, 3.05) is 12.4 Å². The lowest BCUT2D eigenvalue weighted by molar-refractivity contribution is -0.111. The minimum absolute atomic E-state index is 0.117. The summed E-state index contributed by atoms with van der Waals surface area (Å²) in [7, 11) is 1.52. The molecule has 2 rings (SSSR count). The van der Waals surface area contributed by atoms with E-state index in [2.05, 4.69) is 23.0 Å². The van der Waals surface area contributed by atoms with Crippen molar-refractivity contribution in [1.29, 1.82) is 5.26 Å². The van der Waals surface area contributed by atoms with Crippen LogP contribution in [0.1, 0.15) is 43.4 Å². The first kappa shape index (κ1) is 22.2. The molecule has 1 aliphatic carbocycles. The van der Waals surface area contributed by atoms with Crippen LogP contribution in [0.15, 0.2) is 24.8 Å². The summed E-state index contributed by atoms with van der Waals surface area (Å²) in [4.78, 5) is 15.7. The standard InChI is InChI=1S/C18H21N3O2.CHF3/c1-3-17(22)20-15-11-14(18(23-2)21-16(15)12-19)10-9-13-7-5-4-6-8-13;2-1(3)4/h3,9-11,13H,1,4-8H2,2H3,(H,20,22);1H/b10-9+;. The molecule has 1 N–H and O–H groups in total. The summed E-state index contributed by atoms with van der Waals surface area (Å²) < 4.78 is 34.3. The molecule has 0 bridgehead atoms. The Morgan fingerprint density at radius 2 is 2.04 bits per heavy atom. The Bertz CT molecular complexity index is 706. The van der Waals surface area contributed by atoms with Gasteiger partial charge in [-0.3, -0.25) is 4.79 Å². The Balaban J connectivity index is 0.000000828. The Morgan fingerprint density at radius 1 is 1.41 bits per heavy atom. The molecule has 1 saturated carbocycles. The van der Waals surface area contributed by atoms with Crippen LogP contribution in [-0.2, 0) is 4.79 Å². The molecule has 0 unspecified atom stereocenters. The molecule has 8 heteroatoms. The van der Waals surface area contributed by atoms with Gasteiger partial charge < -0.3 is 10.1 Å². The molecular formula is C19H22F3N3O2. The van der Waals surface area contributed by atoms with Gasteiger partial charge in [0.1, 0.15) is 6.07 Å². The number of nitrogens with zero attached hydrogens (tertiary/aromatic N) is 2. The van der Waals surface area contributed by atoms with Crippen molar-refractivity contribution in [3.8, 4) is 11.9 Å². The number of rotatable bonds is 5. The van der Waals surface area contributed by atoms with Gasteiger partial charge in [-0.1, -0.05) is 38.0 Å². The third-order valence-corrected chi connectivity index (χ3v) is 3.96. The van der Waals surface area contributed by atoms with E-state index in [0.29, 0.717) is 17.5 Å². The molecule has 0 radical (unpaired) electrons. The predicted molar refractivity (Wildman–Crippen MR) is 97.1 cm³/mol. The van der Waals surface area contributed by atoms with E-state index in [0.717, 1.165) is 11.6 Å². The van der Waals surface area contributed by atoms with Crippen molar-refractivity contribution in [3.05, 3.63) is 36.1 Å². The first-order valence-electron chi connectivity index (χ1n) is 8.44. The van der Waals surface area contributed by atoms with Gasteiger partial charge in [0.25, 0.3) is 0 Å². The molecule has 1 heterocycles. The number of carbonyl (C=O) groups is 1. The number of hydrogen-bond acceptors (Lipinski definition) is 4. The molecule has 0 saturated heterocycles. The van der Waals surface area contributed by atoms with Crippen LogP contribution in [0.2, 0.25) is 0 Å². The third kappa shape index (κ3) is 7.94. The second kappa shape index (κ2) is 11.7. The number of carbonyl (C=O) groups excluding carboxylic acids is 1. The lowest BCUT2D eigenvalue weighted by Crippen LogP contribution is -2.10. The summed E-state index contributed by atoms with van der Waals surface area (Å²) in [5.74, 6) is 0.566. The molecule has 27 heavy (non-hydrogen) atoms. The number of ether oxygens (including phenoxy) is 1. The van der Waals surface area contributed by atoms with Crippen LogP contribution in [-0.4, -0.2) is 24.7 Å². The first-order valence-corrected chi connectivity index (χ1v) is 8.44. The number of halogens is 3. The lowest BCUT2D eigenvalue weighted by Gasteiger charge is -2.18. The summed E-state index contributed by atoms with van der Waals surface area (Å²) >= 11 is 0. The molecule has 0 atom stereocenters. The minimum Gasteiger partial charge on any atom is -0.481 e. The molecule has 1 aromatic rings. The van der Waals surface area contributed by atoms with Crippen molar-refractivity contribution in [3.63, 3.8) is 0 Å². The van der Waals surface area contributed by atoms with Gasteiger partial charge >= 0.3 is 6.68 Å². The van der Waals surface area contributed by atoms with E-state index >= 15 is 0 Å². The maximum absolute atomic E-state index is 11.5. The Kier molecular flexibility index (Phi) is 9.65. The molecule has 0 spiro atoms. The average molecular weight is 381 g/mol. The van der Waals surface area contributed by atoms with Crippen molar-refractivity contribution < 1.29 is 22.7 Å². The average Bonchev–Trinajstić information content (AvgIpc) is 2.66. The topological polar surface area (TPSA) is 75.0 Å². The van der Waals surface area contributed by atoms with Crippen molar-refractivity contribution >= 4 is 17.7 Å². The molecule has 146 valence electrons. The van der Waals surface area contributed by atoms with Gasteiger partial charge in [-0.15, -0.1) is 0 Å². The highest BCUT2D eigenvalue weighted by Crippen LogP contribution is 2.28. The fraction of sp³-hybridized carbons (Fsp3) is 0.421. The molecule has 1 amide bonds. The van der Waals surface area contributed by atoms with Crippen LogP contribution < -0.4 is 10.1 Å². The largest absolute Gasteiger partial charge is 0.481 e. The molecule has 0 aromatic carbocycles. The number of nitrogens with one attached hydrogen (secondary N) is 1. The van der Waals surface area contributed by atoms with Gasteiger partial charge in [0, 0.05) is 5.56 Å². The van der Waals surface area contributed by atoms with Gasteiger partial charge in [-0.25, -0.2) is 0 Å². The first-order chi connectivity index (χ1) is 12.9. The van der Waals surface area contributed by atoms with E-state index < -0.39 is 6.68 Å². The molecule has 5 nitrogen and oxygen atoms in total. The maximum atomic E-state index is 11.5. The van der Waals surface area contributed by atoms with Gasteiger partial charge in [-0.2, -0.15) is 23.4 Å². The zero-order valence-electron chi connectivity index (χ0n) is 15.1. The van der Waals surface area contributed by atoms with Gasteiger partial charge in [-0.05, 0) is 30.9 Å². The summed E-state index contributed by atoms with van der Waals surface area (Å²) in [6.45, 7) is -0.255. The van der Waals surface area contributed by atoms with E-state index in [-0.39, 0.29) is 11.6 Å². The highest BCUT2D eigenvalue weighted by molar-refractivity contribution is 5.99. The van der Waals surface area contributed by atoms with Gasteiger partial charge in [0.05, 0.1) is 12.8 Å². The smallest absolute Gasteiger partial charge is 0.379 e. The predicted octanol–water partition coefficient (Wildman–Crippen LogP) is 4.86. The number of methoxy groups -OCH3 is 1. The number of allylic oxidation sites excluding steroid dienone is 1. The van der Waals surface area contributed by atoms with Crippen LogP contribution in [0.25, 0.3) is 6.08 Å². The number of hydrogen-bond donors (Lipinski definition) is 1. The molecule has 1 fully saturated rings. The number of nitriles is 1. The van der Waals surface area contributed by atoms with Crippen LogP contribution >= 0.6 is 0 Å². The zero-order chi connectivity index (χ0) is 20.2. The SMILES string of the molecule is C=CC(=O)Nc1cc(/C=C/C2CCCCC2)c(OC)nc1C#N.FC(F)F. The Hall–Kier alpha value is -2.82. The maximum Gasteiger partial charge on any atom is 0.379 e. The van der Waals surface area contributed by atoms with E-state index in [1.54, 1.807) is 6.07 Å².